The molecule has 0 amide bonds. The van der Waals surface area contributed by atoms with Gasteiger partial charge in [-0.3, -0.25) is 0 Å². The second kappa shape index (κ2) is 6.45. The van der Waals surface area contributed by atoms with Crippen LogP contribution in [0.4, 0.5) is 0 Å². The molecular weight excluding hydrogens is 265 g/mol. The predicted molar refractivity (Wildman–Crippen MR) is 87.8 cm³/mol. The number of rotatable bonds is 5. The smallest absolute Gasteiger partial charge is 0.154 e. The van der Waals surface area contributed by atoms with Crippen molar-refractivity contribution in [2.24, 2.45) is 0 Å². The van der Waals surface area contributed by atoms with E-state index in [9.17, 15) is 4.57 Å². The maximum Gasteiger partial charge on any atom is 0.154 e. The molecule has 1 fully saturated rings. The van der Waals surface area contributed by atoms with Crippen LogP contribution in [0.3, 0.4) is 0 Å². The zero-order valence-electron chi connectivity index (χ0n) is 13.2. The van der Waals surface area contributed by atoms with E-state index in [1.807, 2.05) is 6.07 Å². The van der Waals surface area contributed by atoms with Crippen molar-refractivity contribution in [2.45, 2.75) is 64.7 Å². The molecule has 2 atom stereocenters. The molecule has 2 nitrogen and oxygen atoms in total. The van der Waals surface area contributed by atoms with Crippen molar-refractivity contribution in [3.63, 3.8) is 0 Å². The van der Waals surface area contributed by atoms with Gasteiger partial charge in [0.25, 0.3) is 0 Å². The highest BCUT2D eigenvalue weighted by molar-refractivity contribution is 7.62. The number of hydrogen-bond acceptors (Lipinski definition) is 1. The lowest BCUT2D eigenvalue weighted by atomic mass is 10.1. The van der Waals surface area contributed by atoms with Gasteiger partial charge in [-0.2, -0.15) is 0 Å². The lowest BCUT2D eigenvalue weighted by Crippen LogP contribution is -2.37. The Morgan fingerprint density at radius 1 is 1.15 bits per heavy atom. The lowest BCUT2D eigenvalue weighted by molar-refractivity contribution is 0.297. The van der Waals surface area contributed by atoms with Gasteiger partial charge in [0.2, 0.25) is 0 Å². The Labute approximate surface area is 124 Å². The fraction of sp³-hybridized carbons (Fsp3) is 0.647. The molecule has 1 aliphatic heterocycles. The van der Waals surface area contributed by atoms with Crippen molar-refractivity contribution in [2.75, 3.05) is 6.16 Å². The zero-order valence-corrected chi connectivity index (χ0v) is 14.1. The SMILES string of the molecule is CC(C)N(C(C)C)P1(=O)CCCC1Cc1ccccc1. The molecule has 0 bridgehead atoms. The van der Waals surface area contributed by atoms with E-state index >= 15 is 0 Å². The maximum absolute atomic E-state index is 13.7. The molecular formula is C17H28NOP. The van der Waals surface area contributed by atoms with Gasteiger partial charge < -0.3 is 4.57 Å². The minimum absolute atomic E-state index is 0.342. The highest BCUT2D eigenvalue weighted by Gasteiger charge is 2.44. The number of hydrogen-bond donors (Lipinski definition) is 0. The van der Waals surface area contributed by atoms with Crippen LogP contribution in [-0.4, -0.2) is 28.6 Å². The lowest BCUT2D eigenvalue weighted by Gasteiger charge is -2.39. The molecule has 112 valence electrons. The Kier molecular flexibility index (Phi) is 5.09. The fourth-order valence-corrected chi connectivity index (χ4v) is 8.01. The molecule has 0 spiro atoms. The first-order valence-electron chi connectivity index (χ1n) is 7.86. The first-order valence-corrected chi connectivity index (χ1v) is 9.78. The molecule has 2 rings (SSSR count). The molecule has 0 aromatic heterocycles. The van der Waals surface area contributed by atoms with Crippen molar-refractivity contribution in [3.05, 3.63) is 35.9 Å². The average molecular weight is 293 g/mol. The van der Waals surface area contributed by atoms with E-state index < -0.39 is 7.29 Å². The summed E-state index contributed by atoms with van der Waals surface area (Å²) in [4.78, 5) is 0. The first kappa shape index (κ1) is 15.8. The Balaban J connectivity index is 2.23. The van der Waals surface area contributed by atoms with Crippen molar-refractivity contribution in [3.8, 4) is 0 Å². The van der Waals surface area contributed by atoms with E-state index in [1.165, 1.54) is 5.56 Å². The Morgan fingerprint density at radius 2 is 1.75 bits per heavy atom. The van der Waals surface area contributed by atoms with E-state index in [1.54, 1.807) is 0 Å². The van der Waals surface area contributed by atoms with Gasteiger partial charge in [0.05, 0.1) is 0 Å². The van der Waals surface area contributed by atoms with Gasteiger partial charge in [-0.1, -0.05) is 30.3 Å². The van der Waals surface area contributed by atoms with Gasteiger partial charge in [-0.05, 0) is 52.5 Å². The summed E-state index contributed by atoms with van der Waals surface area (Å²) in [5.41, 5.74) is 1.67. The first-order chi connectivity index (χ1) is 9.45. The van der Waals surface area contributed by atoms with Crippen LogP contribution in [-0.2, 0) is 11.0 Å². The van der Waals surface area contributed by atoms with Gasteiger partial charge in [0.15, 0.2) is 7.29 Å². The van der Waals surface area contributed by atoms with Crippen LogP contribution in [0.2, 0.25) is 0 Å². The van der Waals surface area contributed by atoms with Crippen LogP contribution in [0.5, 0.6) is 0 Å². The van der Waals surface area contributed by atoms with Crippen LogP contribution in [0.15, 0.2) is 30.3 Å². The van der Waals surface area contributed by atoms with Crippen LogP contribution in [0, 0.1) is 0 Å². The van der Waals surface area contributed by atoms with E-state index in [0.29, 0.717) is 17.7 Å². The van der Waals surface area contributed by atoms with Gasteiger partial charge in [-0.25, -0.2) is 4.67 Å². The molecule has 3 heteroatoms. The highest BCUT2D eigenvalue weighted by atomic mass is 31.2. The Hall–Kier alpha value is -0.590. The molecule has 1 saturated heterocycles. The molecule has 1 aromatic rings. The van der Waals surface area contributed by atoms with E-state index in [0.717, 1.165) is 25.4 Å². The topological polar surface area (TPSA) is 20.3 Å². The fourth-order valence-electron chi connectivity index (χ4n) is 3.75. The molecule has 1 aromatic carbocycles. The zero-order chi connectivity index (χ0) is 14.8. The molecule has 1 aliphatic rings. The van der Waals surface area contributed by atoms with Gasteiger partial charge in [-0.15, -0.1) is 0 Å². The molecule has 0 N–H and O–H groups in total. The molecule has 0 aliphatic carbocycles. The van der Waals surface area contributed by atoms with Crippen molar-refractivity contribution < 1.29 is 4.57 Å². The second-order valence-electron chi connectivity index (χ2n) is 6.53. The van der Waals surface area contributed by atoms with Crippen molar-refractivity contribution in [1.82, 2.24) is 4.67 Å². The summed E-state index contributed by atoms with van der Waals surface area (Å²) in [5, 5.41) is 0. The summed E-state index contributed by atoms with van der Waals surface area (Å²) in [6.45, 7) is 8.71. The summed E-state index contributed by atoms with van der Waals surface area (Å²) in [6.07, 6.45) is 4.10. The quantitative estimate of drug-likeness (QED) is 0.728. The summed E-state index contributed by atoms with van der Waals surface area (Å²) in [5.74, 6) is 0. The van der Waals surface area contributed by atoms with Crippen molar-refractivity contribution in [1.29, 1.82) is 0 Å². The average Bonchev–Trinajstić information content (AvgIpc) is 2.71. The molecule has 2 unspecified atom stereocenters. The third-order valence-electron chi connectivity index (χ3n) is 4.35. The van der Waals surface area contributed by atoms with Crippen LogP contribution in [0.1, 0.15) is 46.1 Å². The number of benzene rings is 1. The summed E-state index contributed by atoms with van der Waals surface area (Å²) >= 11 is 0. The standard InChI is InChI=1S/C17H28NOP/c1-14(2)18(15(3)4)20(19)12-8-11-17(20)13-16-9-6-5-7-10-16/h5-7,9-10,14-15,17H,8,11-13H2,1-4H3. The van der Waals surface area contributed by atoms with Crippen molar-refractivity contribution >= 4 is 7.29 Å². The monoisotopic (exact) mass is 293 g/mol. The Bertz CT molecular complexity index is 461. The highest BCUT2D eigenvalue weighted by Crippen LogP contribution is 2.63. The van der Waals surface area contributed by atoms with Crippen LogP contribution in [0.25, 0.3) is 0 Å². The number of nitrogens with zero attached hydrogens (tertiary/aromatic N) is 1. The van der Waals surface area contributed by atoms with E-state index in [2.05, 4.69) is 56.6 Å². The third kappa shape index (κ3) is 3.18. The molecule has 1 heterocycles. The minimum atomic E-state index is -2.23. The van der Waals surface area contributed by atoms with E-state index in [-0.39, 0.29) is 0 Å². The van der Waals surface area contributed by atoms with Gasteiger partial charge >= 0.3 is 0 Å². The third-order valence-corrected chi connectivity index (χ3v) is 8.59. The van der Waals surface area contributed by atoms with Gasteiger partial charge in [0, 0.05) is 23.9 Å². The van der Waals surface area contributed by atoms with Crippen LogP contribution < -0.4 is 0 Å². The second-order valence-corrected chi connectivity index (χ2v) is 9.68. The molecule has 0 radical (unpaired) electrons. The summed E-state index contributed by atoms with van der Waals surface area (Å²) < 4.78 is 16.0. The molecule has 20 heavy (non-hydrogen) atoms. The minimum Gasteiger partial charge on any atom is -0.306 e. The van der Waals surface area contributed by atoms with E-state index in [4.69, 9.17) is 0 Å². The molecule has 0 saturated carbocycles. The summed E-state index contributed by atoms with van der Waals surface area (Å²) in [7, 11) is -2.23. The predicted octanol–water partition coefficient (Wildman–Crippen LogP) is 4.79. The summed E-state index contributed by atoms with van der Waals surface area (Å²) in [6, 6.07) is 11.3. The normalized spacial score (nSPS) is 26.9. The van der Waals surface area contributed by atoms with Gasteiger partial charge in [0.1, 0.15) is 0 Å². The largest absolute Gasteiger partial charge is 0.306 e. The van der Waals surface area contributed by atoms with Crippen LogP contribution >= 0.6 is 7.29 Å². The maximum atomic E-state index is 13.7. The Morgan fingerprint density at radius 3 is 2.30 bits per heavy atom.